The zero-order chi connectivity index (χ0) is 26.1. The van der Waals surface area contributed by atoms with E-state index < -0.39 is 68.0 Å². The molecule has 37 heavy (non-hydrogen) atoms. The van der Waals surface area contributed by atoms with E-state index in [9.17, 15) is 25.2 Å². The van der Waals surface area contributed by atoms with Crippen LogP contribution in [0.1, 0.15) is 12.5 Å². The fraction of sp³-hybridized carbons (Fsp3) is 0.526. The first kappa shape index (κ1) is 28.2. The van der Waals surface area contributed by atoms with Crippen molar-refractivity contribution >= 4 is 22.8 Å². The lowest BCUT2D eigenvalue weighted by atomic mass is 10.1. The molecule has 0 unspecified atom stereocenters. The van der Waals surface area contributed by atoms with E-state index in [0.29, 0.717) is 11.2 Å². The van der Waals surface area contributed by atoms with E-state index in [4.69, 9.17) is 31.2 Å². The molecule has 5 heterocycles. The van der Waals surface area contributed by atoms with Crippen molar-refractivity contribution in [2.75, 3.05) is 24.7 Å². The van der Waals surface area contributed by atoms with Gasteiger partial charge >= 0.3 is 5.69 Å². The number of ether oxygens (including phenoxy) is 2. The van der Waals surface area contributed by atoms with Gasteiger partial charge in [-0.05, 0) is 6.07 Å². The first-order chi connectivity index (χ1) is 17.2. The van der Waals surface area contributed by atoms with Gasteiger partial charge in [0, 0.05) is 6.20 Å². The third-order valence-corrected chi connectivity index (χ3v) is 5.82. The normalized spacial score (nSPS) is 31.1. The molecule has 2 aliphatic heterocycles. The van der Waals surface area contributed by atoms with Gasteiger partial charge in [-0.2, -0.15) is 4.98 Å². The van der Waals surface area contributed by atoms with Gasteiger partial charge in [0.05, 0.1) is 19.5 Å². The van der Waals surface area contributed by atoms with E-state index in [2.05, 4.69) is 19.9 Å². The second-order valence-corrected chi connectivity index (χ2v) is 8.08. The van der Waals surface area contributed by atoms with Crippen LogP contribution in [0.3, 0.4) is 0 Å². The Morgan fingerprint density at radius 2 is 1.43 bits per heavy atom. The van der Waals surface area contributed by atoms with Crippen LogP contribution in [0.15, 0.2) is 29.7 Å². The summed E-state index contributed by atoms with van der Waals surface area (Å²) in [5.41, 5.74) is 11.1. The Labute approximate surface area is 207 Å². The third kappa shape index (κ3) is 5.23. The van der Waals surface area contributed by atoms with Crippen molar-refractivity contribution in [1.82, 2.24) is 29.1 Å². The number of imidazole rings is 1. The third-order valence-electron chi connectivity index (χ3n) is 5.82. The second-order valence-electron chi connectivity index (χ2n) is 8.08. The monoisotopic (exact) mass is 528 g/mol. The highest BCUT2D eigenvalue weighted by Gasteiger charge is 2.44. The van der Waals surface area contributed by atoms with E-state index >= 15 is 0 Å². The maximum Gasteiger partial charge on any atom is 0.351 e. The highest BCUT2D eigenvalue weighted by Crippen LogP contribution is 2.31. The zero-order valence-electron chi connectivity index (χ0n) is 19.1. The van der Waals surface area contributed by atoms with Crippen LogP contribution in [0, 0.1) is 0 Å². The predicted molar refractivity (Wildman–Crippen MR) is 122 cm³/mol. The molecule has 0 aliphatic carbocycles. The van der Waals surface area contributed by atoms with Gasteiger partial charge in [0.15, 0.2) is 23.9 Å². The molecule has 0 spiro atoms. The van der Waals surface area contributed by atoms with Gasteiger partial charge in [-0.25, -0.2) is 19.7 Å². The van der Waals surface area contributed by atoms with Crippen LogP contribution in [-0.4, -0.2) is 115 Å². The predicted octanol–water partition coefficient (Wildman–Crippen LogP) is -5.37. The molecular formula is C19H28N8O10. The molecule has 0 saturated carbocycles. The summed E-state index contributed by atoms with van der Waals surface area (Å²) in [7, 11) is 0. The topological polar surface area (TPSA) is 302 Å². The van der Waals surface area contributed by atoms with Crippen LogP contribution in [0.25, 0.3) is 11.2 Å². The standard InChI is InChI=1S/C10H13N5O4.C9H13N3O5.H2O/c11-8-5-9(13-2-12-8)15(3-14-5)10-7(18)6(17)4(1-16)19-10;10-5-1-2-12(9(16)11-5)8-7(15)6(14)4(3-13)17-8;/h2-4,6-7,10,16-18H,1H2,(H2,11,12,13);1-2,4,6-8,13-15H,3H2,(H2,10,11,16);1H2/t4-,6-,7+,10-;4-,6-,7+,8-;/m11./s1. The Morgan fingerprint density at radius 3 is 1.95 bits per heavy atom. The number of aliphatic hydroxyl groups is 6. The summed E-state index contributed by atoms with van der Waals surface area (Å²) >= 11 is 0. The molecule has 2 aliphatic rings. The highest BCUT2D eigenvalue weighted by molar-refractivity contribution is 5.81. The molecule has 0 aromatic carbocycles. The number of nitrogens with zero attached hydrogens (tertiary/aromatic N) is 6. The van der Waals surface area contributed by atoms with Gasteiger partial charge in [-0.1, -0.05) is 0 Å². The molecule has 0 amide bonds. The van der Waals surface area contributed by atoms with Crippen LogP contribution in [0.4, 0.5) is 11.6 Å². The van der Waals surface area contributed by atoms with E-state index in [1.165, 1.54) is 29.5 Å². The van der Waals surface area contributed by atoms with Crippen molar-refractivity contribution in [2.45, 2.75) is 49.1 Å². The SMILES string of the molecule is Nc1ccn([C@@H]2O[C@H](CO)[C@@H](O)[C@@H]2O)c(=O)n1.Nc1ncnc2c1ncn2[C@@H]1O[C@H](CO)[C@@H](O)[C@@H]1O.O. The van der Waals surface area contributed by atoms with E-state index in [1.54, 1.807) is 0 Å². The summed E-state index contributed by atoms with van der Waals surface area (Å²) in [5.74, 6) is 0.272. The second kappa shape index (κ2) is 11.4. The molecule has 3 aromatic heterocycles. The molecule has 3 aromatic rings. The van der Waals surface area contributed by atoms with Crippen LogP contribution >= 0.6 is 0 Å². The Hall–Kier alpha value is -3.33. The summed E-state index contributed by atoms with van der Waals surface area (Å²) in [6.45, 7) is -0.843. The highest BCUT2D eigenvalue weighted by atomic mass is 16.6. The summed E-state index contributed by atoms with van der Waals surface area (Å²) < 4.78 is 13.0. The molecule has 8 atom stereocenters. The summed E-state index contributed by atoms with van der Waals surface area (Å²) in [6.07, 6.45) is -4.69. The summed E-state index contributed by atoms with van der Waals surface area (Å²) in [4.78, 5) is 26.9. The number of hydrogen-bond donors (Lipinski definition) is 8. The Bertz CT molecular complexity index is 1260. The van der Waals surface area contributed by atoms with Crippen LogP contribution in [0.2, 0.25) is 0 Å². The fourth-order valence-electron chi connectivity index (χ4n) is 3.90. The molecule has 2 fully saturated rings. The minimum atomic E-state index is -1.31. The Kier molecular flexibility index (Phi) is 8.68. The number of anilines is 2. The molecule has 204 valence electrons. The molecule has 0 bridgehead atoms. The maximum absolute atomic E-state index is 11.5. The van der Waals surface area contributed by atoms with Crippen molar-refractivity contribution < 1.29 is 45.6 Å². The van der Waals surface area contributed by atoms with Gasteiger partial charge < -0.3 is 57.1 Å². The number of aliphatic hydroxyl groups excluding tert-OH is 6. The number of hydrogen-bond acceptors (Lipinski definition) is 15. The number of rotatable bonds is 4. The van der Waals surface area contributed by atoms with E-state index in [0.717, 1.165) is 4.57 Å². The van der Waals surface area contributed by atoms with Gasteiger partial charge in [-0.15, -0.1) is 0 Å². The minimum Gasteiger partial charge on any atom is -0.412 e. The summed E-state index contributed by atoms with van der Waals surface area (Å²) in [5, 5.41) is 56.9. The lowest BCUT2D eigenvalue weighted by Crippen LogP contribution is -2.36. The summed E-state index contributed by atoms with van der Waals surface area (Å²) in [6, 6.07) is 1.37. The largest absolute Gasteiger partial charge is 0.412 e. The first-order valence-electron chi connectivity index (χ1n) is 10.7. The van der Waals surface area contributed by atoms with Crippen molar-refractivity contribution in [2.24, 2.45) is 0 Å². The van der Waals surface area contributed by atoms with Crippen LogP contribution in [0.5, 0.6) is 0 Å². The molecular weight excluding hydrogens is 500 g/mol. The number of aromatic nitrogens is 6. The number of nitrogen functional groups attached to an aromatic ring is 2. The first-order valence-corrected chi connectivity index (χ1v) is 10.7. The molecule has 0 radical (unpaired) electrons. The Balaban J connectivity index is 0.000000201. The number of fused-ring (bicyclic) bond motifs is 1. The van der Waals surface area contributed by atoms with Gasteiger partial charge in [-0.3, -0.25) is 9.13 Å². The van der Waals surface area contributed by atoms with Gasteiger partial charge in [0.2, 0.25) is 0 Å². The average molecular weight is 528 g/mol. The van der Waals surface area contributed by atoms with E-state index in [-0.39, 0.29) is 17.1 Å². The molecule has 12 N–H and O–H groups in total. The quantitative estimate of drug-likeness (QED) is 0.157. The van der Waals surface area contributed by atoms with Gasteiger partial charge in [0.1, 0.15) is 54.3 Å². The minimum absolute atomic E-state index is 0. The van der Waals surface area contributed by atoms with Crippen LogP contribution < -0.4 is 17.2 Å². The van der Waals surface area contributed by atoms with Crippen LogP contribution in [-0.2, 0) is 9.47 Å². The Morgan fingerprint density at radius 1 is 0.865 bits per heavy atom. The molecule has 5 rings (SSSR count). The van der Waals surface area contributed by atoms with Crippen molar-refractivity contribution in [1.29, 1.82) is 0 Å². The van der Waals surface area contributed by atoms with Gasteiger partial charge in [0.25, 0.3) is 0 Å². The lowest BCUT2D eigenvalue weighted by molar-refractivity contribution is -0.0549. The number of nitrogens with two attached hydrogens (primary N) is 2. The van der Waals surface area contributed by atoms with Crippen molar-refractivity contribution in [3.05, 3.63) is 35.4 Å². The molecule has 2 saturated heterocycles. The molecule has 18 heteroatoms. The average Bonchev–Trinajstić information content (AvgIpc) is 3.50. The van der Waals surface area contributed by atoms with Crippen molar-refractivity contribution in [3.63, 3.8) is 0 Å². The zero-order valence-corrected chi connectivity index (χ0v) is 19.1. The van der Waals surface area contributed by atoms with Crippen molar-refractivity contribution in [3.8, 4) is 0 Å². The fourth-order valence-corrected chi connectivity index (χ4v) is 3.90. The van der Waals surface area contributed by atoms with E-state index in [1.807, 2.05) is 0 Å². The smallest absolute Gasteiger partial charge is 0.351 e. The molecule has 18 nitrogen and oxygen atoms in total. The lowest BCUT2D eigenvalue weighted by Gasteiger charge is -2.16. The maximum atomic E-state index is 11.5.